The highest BCUT2D eigenvalue weighted by Crippen LogP contribution is 2.34. The summed E-state index contributed by atoms with van der Waals surface area (Å²) in [6.45, 7) is 0. The molecule has 1 aliphatic rings. The zero-order chi connectivity index (χ0) is 22.8. The number of carbonyl (C=O) groups is 3. The fourth-order valence-electron chi connectivity index (χ4n) is 3.24. The van der Waals surface area contributed by atoms with Crippen LogP contribution in [0, 0.1) is 10.1 Å². The molecule has 4 rings (SSSR count). The molecular formula is C23H14ClN3O5. The Kier molecular flexibility index (Phi) is 5.53. The van der Waals surface area contributed by atoms with E-state index < -0.39 is 22.6 Å². The largest absolute Gasteiger partial charge is 0.322 e. The van der Waals surface area contributed by atoms with Crippen LogP contribution in [0.5, 0.6) is 0 Å². The summed E-state index contributed by atoms with van der Waals surface area (Å²) in [5, 5.41) is 13.4. The van der Waals surface area contributed by atoms with Crippen LogP contribution in [-0.4, -0.2) is 22.6 Å². The molecule has 158 valence electrons. The Morgan fingerprint density at radius 1 is 0.969 bits per heavy atom. The molecule has 1 aliphatic heterocycles. The maximum absolute atomic E-state index is 12.6. The second kappa shape index (κ2) is 8.44. The van der Waals surface area contributed by atoms with E-state index in [4.69, 9.17) is 11.6 Å². The minimum Gasteiger partial charge on any atom is -0.322 e. The molecule has 1 N–H and O–H groups in total. The second-order valence-electron chi connectivity index (χ2n) is 6.83. The zero-order valence-corrected chi connectivity index (χ0v) is 17.1. The van der Waals surface area contributed by atoms with Crippen LogP contribution in [-0.2, 0) is 4.79 Å². The normalized spacial score (nSPS) is 12.8. The van der Waals surface area contributed by atoms with Crippen LogP contribution >= 0.6 is 11.6 Å². The Labute approximate surface area is 186 Å². The first-order chi connectivity index (χ1) is 15.3. The number of hydrogen-bond acceptors (Lipinski definition) is 5. The number of benzene rings is 3. The Morgan fingerprint density at radius 3 is 2.16 bits per heavy atom. The average Bonchev–Trinajstić information content (AvgIpc) is 3.03. The number of nitrogens with one attached hydrogen (secondary N) is 1. The van der Waals surface area contributed by atoms with Crippen LogP contribution in [0.15, 0.2) is 72.8 Å². The molecule has 3 aromatic carbocycles. The van der Waals surface area contributed by atoms with Gasteiger partial charge in [0.2, 0.25) is 5.91 Å². The molecule has 3 aromatic rings. The molecule has 0 unspecified atom stereocenters. The highest BCUT2D eigenvalue weighted by atomic mass is 35.5. The van der Waals surface area contributed by atoms with Crippen molar-refractivity contribution in [1.29, 1.82) is 0 Å². The van der Waals surface area contributed by atoms with Gasteiger partial charge in [-0.15, -0.1) is 0 Å². The standard InChI is InChI=1S/C23H14ClN3O5/c24-19-13-15(25-21(28)12-7-14-5-9-16(10-6-14)27(31)32)8-11-20(19)26-22(29)17-3-1-2-4-18(17)23(26)30/h1-13H,(H,25,28)/b12-7+. The lowest BCUT2D eigenvalue weighted by molar-refractivity contribution is -0.384. The lowest BCUT2D eigenvalue weighted by Crippen LogP contribution is -2.29. The van der Waals surface area contributed by atoms with Gasteiger partial charge in [-0.25, -0.2) is 4.90 Å². The SMILES string of the molecule is O=C(/C=C/c1ccc([N+](=O)[O-])cc1)Nc1ccc(N2C(=O)c3ccccc3C2=O)c(Cl)c1. The minimum atomic E-state index is -0.504. The Balaban J connectivity index is 1.47. The maximum Gasteiger partial charge on any atom is 0.269 e. The molecular weight excluding hydrogens is 434 g/mol. The average molecular weight is 448 g/mol. The molecule has 0 atom stereocenters. The van der Waals surface area contributed by atoms with Crippen LogP contribution in [0.3, 0.4) is 0 Å². The van der Waals surface area contributed by atoms with Gasteiger partial charge >= 0.3 is 0 Å². The lowest BCUT2D eigenvalue weighted by Gasteiger charge is -2.16. The molecule has 0 bridgehead atoms. The molecule has 9 heteroatoms. The molecule has 0 saturated carbocycles. The summed E-state index contributed by atoms with van der Waals surface area (Å²) in [5.74, 6) is -1.38. The predicted octanol–water partition coefficient (Wildman–Crippen LogP) is 4.70. The smallest absolute Gasteiger partial charge is 0.269 e. The van der Waals surface area contributed by atoms with Crippen molar-refractivity contribution in [3.8, 4) is 0 Å². The summed E-state index contributed by atoms with van der Waals surface area (Å²) in [6.07, 6.45) is 2.78. The van der Waals surface area contributed by atoms with Crippen LogP contribution in [0.1, 0.15) is 26.3 Å². The van der Waals surface area contributed by atoms with Crippen molar-refractivity contribution < 1.29 is 19.3 Å². The predicted molar refractivity (Wildman–Crippen MR) is 120 cm³/mol. The number of carbonyl (C=O) groups excluding carboxylic acids is 3. The summed E-state index contributed by atoms with van der Waals surface area (Å²) in [6, 6.07) is 16.7. The number of anilines is 2. The van der Waals surface area contributed by atoms with Gasteiger partial charge in [-0.05, 0) is 54.1 Å². The summed E-state index contributed by atoms with van der Waals surface area (Å²) in [5.41, 5.74) is 1.78. The first kappa shape index (κ1) is 21.0. The van der Waals surface area contributed by atoms with Crippen molar-refractivity contribution in [2.45, 2.75) is 0 Å². The van der Waals surface area contributed by atoms with Crippen molar-refractivity contribution in [3.63, 3.8) is 0 Å². The number of rotatable bonds is 5. The summed E-state index contributed by atoms with van der Waals surface area (Å²) < 4.78 is 0. The third-order valence-corrected chi connectivity index (χ3v) is 5.08. The molecule has 0 saturated heterocycles. The fraction of sp³-hybridized carbons (Fsp3) is 0. The van der Waals surface area contributed by atoms with E-state index in [0.717, 1.165) is 4.90 Å². The molecule has 8 nitrogen and oxygen atoms in total. The van der Waals surface area contributed by atoms with Gasteiger partial charge in [0.15, 0.2) is 0 Å². The number of hydrogen-bond donors (Lipinski definition) is 1. The van der Waals surface area contributed by atoms with Crippen molar-refractivity contribution in [2.75, 3.05) is 10.2 Å². The third-order valence-electron chi connectivity index (χ3n) is 4.78. The van der Waals surface area contributed by atoms with Gasteiger partial charge in [-0.1, -0.05) is 23.7 Å². The number of non-ortho nitro benzene ring substituents is 1. The minimum absolute atomic E-state index is 0.0422. The first-order valence-corrected chi connectivity index (χ1v) is 9.74. The quantitative estimate of drug-likeness (QED) is 0.264. The number of nitro groups is 1. The monoisotopic (exact) mass is 447 g/mol. The first-order valence-electron chi connectivity index (χ1n) is 9.36. The number of fused-ring (bicyclic) bond motifs is 1. The molecule has 0 aromatic heterocycles. The van der Waals surface area contributed by atoms with E-state index in [0.29, 0.717) is 22.4 Å². The highest BCUT2D eigenvalue weighted by Gasteiger charge is 2.37. The fourth-order valence-corrected chi connectivity index (χ4v) is 3.50. The summed E-state index contributed by atoms with van der Waals surface area (Å²) in [7, 11) is 0. The second-order valence-corrected chi connectivity index (χ2v) is 7.24. The number of nitrogens with zero attached hydrogens (tertiary/aromatic N) is 2. The molecule has 1 heterocycles. The van der Waals surface area contributed by atoms with Crippen molar-refractivity contribution in [2.24, 2.45) is 0 Å². The van der Waals surface area contributed by atoms with Gasteiger partial charge in [0.1, 0.15) is 0 Å². The van der Waals surface area contributed by atoms with E-state index in [1.54, 1.807) is 24.3 Å². The molecule has 3 amide bonds. The van der Waals surface area contributed by atoms with E-state index in [1.165, 1.54) is 54.6 Å². The van der Waals surface area contributed by atoms with Gasteiger partial charge in [0.25, 0.3) is 17.5 Å². The van der Waals surface area contributed by atoms with Gasteiger partial charge in [-0.2, -0.15) is 0 Å². The van der Waals surface area contributed by atoms with E-state index in [-0.39, 0.29) is 16.4 Å². The topological polar surface area (TPSA) is 110 Å². The number of nitro benzene ring substituents is 1. The van der Waals surface area contributed by atoms with E-state index >= 15 is 0 Å². The van der Waals surface area contributed by atoms with Crippen molar-refractivity contribution in [3.05, 3.63) is 105 Å². The third kappa shape index (κ3) is 3.99. The van der Waals surface area contributed by atoms with Gasteiger partial charge < -0.3 is 5.32 Å². The molecule has 0 radical (unpaired) electrons. The number of imide groups is 1. The molecule has 0 fully saturated rings. The van der Waals surface area contributed by atoms with E-state index in [2.05, 4.69) is 5.32 Å². The molecule has 32 heavy (non-hydrogen) atoms. The highest BCUT2D eigenvalue weighted by molar-refractivity contribution is 6.40. The lowest BCUT2D eigenvalue weighted by atomic mass is 10.1. The Morgan fingerprint density at radius 2 is 1.59 bits per heavy atom. The van der Waals surface area contributed by atoms with Crippen LogP contribution in [0.25, 0.3) is 6.08 Å². The van der Waals surface area contributed by atoms with E-state index in [9.17, 15) is 24.5 Å². The summed E-state index contributed by atoms with van der Waals surface area (Å²) in [4.78, 5) is 48.6. The number of amides is 3. The Bertz CT molecular complexity index is 1270. The Hall–Kier alpha value is -4.30. The molecule has 0 aliphatic carbocycles. The zero-order valence-electron chi connectivity index (χ0n) is 16.3. The van der Waals surface area contributed by atoms with Crippen LogP contribution < -0.4 is 10.2 Å². The van der Waals surface area contributed by atoms with Crippen molar-refractivity contribution >= 4 is 52.5 Å². The number of halogens is 1. The maximum atomic E-state index is 12.6. The van der Waals surface area contributed by atoms with Crippen LogP contribution in [0.4, 0.5) is 17.1 Å². The van der Waals surface area contributed by atoms with Crippen molar-refractivity contribution in [1.82, 2.24) is 0 Å². The molecule has 0 spiro atoms. The van der Waals surface area contributed by atoms with Crippen LogP contribution in [0.2, 0.25) is 5.02 Å². The van der Waals surface area contributed by atoms with Gasteiger partial charge in [-0.3, -0.25) is 24.5 Å². The summed E-state index contributed by atoms with van der Waals surface area (Å²) >= 11 is 6.31. The van der Waals surface area contributed by atoms with E-state index in [1.807, 2.05) is 0 Å². The van der Waals surface area contributed by atoms with Gasteiger partial charge in [0.05, 0.1) is 26.8 Å². The van der Waals surface area contributed by atoms with Gasteiger partial charge in [0, 0.05) is 23.9 Å².